The van der Waals surface area contributed by atoms with Crippen molar-refractivity contribution in [2.24, 2.45) is 11.8 Å². The second-order valence-corrected chi connectivity index (χ2v) is 9.06. The first-order valence-corrected chi connectivity index (χ1v) is 10.7. The highest BCUT2D eigenvalue weighted by molar-refractivity contribution is 5.79. The minimum absolute atomic E-state index is 0.0368. The van der Waals surface area contributed by atoms with E-state index in [1.54, 1.807) is 27.7 Å². The molecule has 1 aromatic rings. The summed E-state index contributed by atoms with van der Waals surface area (Å²) in [6, 6.07) is 9.36. The van der Waals surface area contributed by atoms with E-state index < -0.39 is 35.7 Å². The van der Waals surface area contributed by atoms with Gasteiger partial charge in [-0.25, -0.2) is 0 Å². The number of esters is 2. The molecule has 1 rings (SSSR count). The monoisotopic (exact) mass is 422 g/mol. The van der Waals surface area contributed by atoms with Gasteiger partial charge in [0.05, 0.1) is 18.9 Å². The fourth-order valence-corrected chi connectivity index (χ4v) is 2.56. The van der Waals surface area contributed by atoms with Gasteiger partial charge >= 0.3 is 11.9 Å². The number of carbonyl (C=O) groups is 2. The molecule has 6 heteroatoms. The van der Waals surface area contributed by atoms with Crippen molar-refractivity contribution in [2.45, 2.75) is 79.1 Å². The van der Waals surface area contributed by atoms with Crippen LogP contribution in [0.25, 0.3) is 0 Å². The van der Waals surface area contributed by atoms with Crippen LogP contribution in [-0.4, -0.2) is 43.0 Å². The Labute approximate surface area is 181 Å². The smallest absolute Gasteiger partial charge is 0.309 e. The van der Waals surface area contributed by atoms with E-state index in [-0.39, 0.29) is 13.0 Å². The van der Waals surface area contributed by atoms with Gasteiger partial charge in [0.25, 0.3) is 0 Å². The molecule has 6 nitrogen and oxygen atoms in total. The van der Waals surface area contributed by atoms with Gasteiger partial charge in [-0.15, -0.1) is 0 Å². The Hall–Kier alpha value is -2.08. The molecule has 0 N–H and O–H groups in total. The van der Waals surface area contributed by atoms with E-state index in [4.69, 9.17) is 18.9 Å². The maximum atomic E-state index is 12.6. The van der Waals surface area contributed by atoms with Crippen LogP contribution in [0.3, 0.4) is 0 Å². The second kappa shape index (κ2) is 12.6. The van der Waals surface area contributed by atoms with Gasteiger partial charge in [-0.05, 0) is 52.2 Å². The number of carbonyl (C=O) groups excluding carboxylic acids is 2. The van der Waals surface area contributed by atoms with Gasteiger partial charge in [-0.3, -0.25) is 9.59 Å². The topological polar surface area (TPSA) is 71.1 Å². The first-order chi connectivity index (χ1) is 14.0. The first kappa shape index (κ1) is 26.0. The fourth-order valence-electron chi connectivity index (χ4n) is 2.56. The third kappa shape index (κ3) is 11.2. The maximum Gasteiger partial charge on any atom is 0.309 e. The summed E-state index contributed by atoms with van der Waals surface area (Å²) in [6.07, 6.45) is -0.121. The molecule has 0 saturated heterocycles. The van der Waals surface area contributed by atoms with E-state index in [2.05, 4.69) is 13.8 Å². The molecule has 170 valence electrons. The number of hydrogen-bond acceptors (Lipinski definition) is 6. The van der Waals surface area contributed by atoms with Gasteiger partial charge in [0, 0.05) is 6.61 Å². The average molecular weight is 423 g/mol. The van der Waals surface area contributed by atoms with Crippen LogP contribution in [0.15, 0.2) is 30.3 Å². The lowest BCUT2D eigenvalue weighted by atomic mass is 10.1. The summed E-state index contributed by atoms with van der Waals surface area (Å²) in [6.45, 7) is 13.9. The molecule has 3 atom stereocenters. The zero-order valence-corrected chi connectivity index (χ0v) is 19.5. The molecule has 30 heavy (non-hydrogen) atoms. The number of ether oxygens (including phenoxy) is 4. The summed E-state index contributed by atoms with van der Waals surface area (Å²) in [5, 5.41) is 0. The molecule has 0 radical (unpaired) electrons. The Morgan fingerprint density at radius 2 is 1.63 bits per heavy atom. The minimum Gasteiger partial charge on any atom is -0.487 e. The first-order valence-electron chi connectivity index (χ1n) is 10.7. The van der Waals surface area contributed by atoms with Crippen LogP contribution in [0.2, 0.25) is 0 Å². The third-order valence-electron chi connectivity index (χ3n) is 4.27. The number of rotatable bonds is 12. The summed E-state index contributed by atoms with van der Waals surface area (Å²) >= 11 is 0. The van der Waals surface area contributed by atoms with E-state index in [1.165, 1.54) is 0 Å². The SMILES string of the molecule is CC(C)CCOC[C@@H](OC(=O)[C@H](C)CC(=O)OC(C)(C)C)[C@H](C)Oc1ccccc1. The zero-order valence-electron chi connectivity index (χ0n) is 19.5. The average Bonchev–Trinajstić information content (AvgIpc) is 2.62. The van der Waals surface area contributed by atoms with Crippen molar-refractivity contribution in [3.63, 3.8) is 0 Å². The lowest BCUT2D eigenvalue weighted by Gasteiger charge is -2.26. The van der Waals surface area contributed by atoms with Gasteiger partial charge in [0.2, 0.25) is 0 Å². The van der Waals surface area contributed by atoms with Crippen LogP contribution in [0.4, 0.5) is 0 Å². The molecule has 0 fully saturated rings. The van der Waals surface area contributed by atoms with Gasteiger partial charge in [0.1, 0.15) is 17.5 Å². The molecule has 0 saturated carbocycles. The van der Waals surface area contributed by atoms with E-state index in [1.807, 2.05) is 37.3 Å². The number of hydrogen-bond donors (Lipinski definition) is 0. The number of benzene rings is 1. The molecule has 0 amide bonds. The summed E-state index contributed by atoms with van der Waals surface area (Å²) < 4.78 is 22.7. The molecule has 0 bridgehead atoms. The Balaban J connectivity index is 2.69. The highest BCUT2D eigenvalue weighted by Gasteiger charge is 2.28. The highest BCUT2D eigenvalue weighted by Crippen LogP contribution is 2.18. The van der Waals surface area contributed by atoms with Crippen molar-refractivity contribution in [1.29, 1.82) is 0 Å². The Morgan fingerprint density at radius 3 is 2.20 bits per heavy atom. The summed E-state index contributed by atoms with van der Waals surface area (Å²) in [7, 11) is 0. The molecule has 0 aromatic heterocycles. The maximum absolute atomic E-state index is 12.6. The number of para-hydroxylation sites is 1. The highest BCUT2D eigenvalue weighted by atomic mass is 16.6. The van der Waals surface area contributed by atoms with Crippen molar-refractivity contribution in [3.8, 4) is 5.75 Å². The second-order valence-electron chi connectivity index (χ2n) is 9.06. The lowest BCUT2D eigenvalue weighted by molar-refractivity contribution is -0.168. The molecular formula is C24H38O6. The van der Waals surface area contributed by atoms with Crippen LogP contribution in [-0.2, 0) is 23.8 Å². The van der Waals surface area contributed by atoms with Gasteiger partial charge in [-0.2, -0.15) is 0 Å². The third-order valence-corrected chi connectivity index (χ3v) is 4.27. The predicted molar refractivity (Wildman–Crippen MR) is 116 cm³/mol. The Morgan fingerprint density at radius 1 is 1.00 bits per heavy atom. The van der Waals surface area contributed by atoms with Crippen molar-refractivity contribution in [2.75, 3.05) is 13.2 Å². The Bertz CT molecular complexity index is 635. The van der Waals surface area contributed by atoms with Gasteiger partial charge < -0.3 is 18.9 Å². The van der Waals surface area contributed by atoms with E-state index >= 15 is 0 Å². The van der Waals surface area contributed by atoms with Gasteiger partial charge in [-0.1, -0.05) is 39.0 Å². The molecule has 0 aliphatic carbocycles. The summed E-state index contributed by atoms with van der Waals surface area (Å²) in [5.74, 6) is -0.304. The van der Waals surface area contributed by atoms with E-state index in [9.17, 15) is 9.59 Å². The fraction of sp³-hybridized carbons (Fsp3) is 0.667. The lowest BCUT2D eigenvalue weighted by Crippen LogP contribution is -2.39. The molecular weight excluding hydrogens is 384 g/mol. The standard InChI is InChI=1S/C24H38O6/c1-17(2)13-14-27-16-21(19(4)28-20-11-9-8-10-12-20)29-23(26)18(3)15-22(25)30-24(5,6)7/h8-12,17-19,21H,13-16H2,1-7H3/t18-,19+,21-/m1/s1. The van der Waals surface area contributed by atoms with Crippen LogP contribution in [0.5, 0.6) is 5.75 Å². The van der Waals surface area contributed by atoms with Crippen molar-refractivity contribution >= 4 is 11.9 Å². The molecule has 0 aliphatic heterocycles. The van der Waals surface area contributed by atoms with E-state index in [0.29, 0.717) is 18.3 Å². The normalized spacial score (nSPS) is 14.7. The molecule has 0 unspecified atom stereocenters. The quantitative estimate of drug-likeness (QED) is 0.356. The van der Waals surface area contributed by atoms with Crippen LogP contribution in [0.1, 0.15) is 61.3 Å². The summed E-state index contributed by atoms with van der Waals surface area (Å²) in [5.41, 5.74) is -0.592. The zero-order chi connectivity index (χ0) is 22.7. The molecule has 0 spiro atoms. The van der Waals surface area contributed by atoms with Crippen molar-refractivity contribution in [1.82, 2.24) is 0 Å². The van der Waals surface area contributed by atoms with Crippen molar-refractivity contribution < 1.29 is 28.5 Å². The van der Waals surface area contributed by atoms with E-state index in [0.717, 1.165) is 6.42 Å². The van der Waals surface area contributed by atoms with Crippen LogP contribution < -0.4 is 4.74 Å². The summed E-state index contributed by atoms with van der Waals surface area (Å²) in [4.78, 5) is 24.6. The molecule has 0 aliphatic rings. The molecule has 1 aromatic carbocycles. The predicted octanol–water partition coefficient (Wildman–Crippen LogP) is 4.80. The minimum atomic E-state index is -0.623. The largest absolute Gasteiger partial charge is 0.487 e. The van der Waals surface area contributed by atoms with Crippen molar-refractivity contribution in [3.05, 3.63) is 30.3 Å². The Kier molecular flexibility index (Phi) is 10.9. The van der Waals surface area contributed by atoms with Gasteiger partial charge in [0.15, 0.2) is 6.10 Å². The van der Waals surface area contributed by atoms with Crippen LogP contribution in [0, 0.1) is 11.8 Å². The molecule has 0 heterocycles. The van der Waals surface area contributed by atoms with Crippen LogP contribution >= 0.6 is 0 Å².